The lowest BCUT2D eigenvalue weighted by atomic mass is 10.1. The third-order valence-corrected chi connectivity index (χ3v) is 6.45. The molecule has 0 aliphatic carbocycles. The summed E-state index contributed by atoms with van der Waals surface area (Å²) >= 11 is 1.55. The van der Waals surface area contributed by atoms with Crippen LogP contribution in [-0.4, -0.2) is 37.5 Å². The summed E-state index contributed by atoms with van der Waals surface area (Å²) in [5.74, 6) is 0.469. The van der Waals surface area contributed by atoms with Gasteiger partial charge in [0.15, 0.2) is 9.84 Å². The number of rotatable bonds is 4. The van der Waals surface area contributed by atoms with Gasteiger partial charge >= 0.3 is 6.03 Å². The fourth-order valence-corrected chi connectivity index (χ4v) is 4.95. The zero-order valence-corrected chi connectivity index (χ0v) is 13.9. The summed E-state index contributed by atoms with van der Waals surface area (Å²) in [5, 5.41) is 6.44. The van der Waals surface area contributed by atoms with Crippen LogP contribution in [0.15, 0.2) is 6.20 Å². The number of carbonyl (C=O) groups is 1. The highest BCUT2D eigenvalue weighted by Crippen LogP contribution is 2.19. The summed E-state index contributed by atoms with van der Waals surface area (Å²) in [7, 11) is -2.92. The lowest BCUT2D eigenvalue weighted by Gasteiger charge is -2.22. The maximum Gasteiger partial charge on any atom is 0.315 e. The molecule has 2 rings (SSSR count). The Labute approximate surface area is 129 Å². The second-order valence-corrected chi connectivity index (χ2v) is 9.00. The van der Waals surface area contributed by atoms with Crippen LogP contribution in [0.25, 0.3) is 0 Å². The molecule has 1 aromatic rings. The predicted molar refractivity (Wildman–Crippen MR) is 83.2 cm³/mol. The number of aromatic nitrogens is 1. The van der Waals surface area contributed by atoms with Crippen LogP contribution in [0.3, 0.4) is 0 Å². The monoisotopic (exact) mass is 331 g/mol. The number of urea groups is 1. The molecule has 2 atom stereocenters. The molecule has 0 bridgehead atoms. The van der Waals surface area contributed by atoms with Gasteiger partial charge in [0.1, 0.15) is 5.01 Å². The largest absolute Gasteiger partial charge is 0.338 e. The van der Waals surface area contributed by atoms with E-state index in [0.29, 0.717) is 13.0 Å². The first kappa shape index (κ1) is 16.2. The van der Waals surface area contributed by atoms with E-state index in [9.17, 15) is 13.2 Å². The van der Waals surface area contributed by atoms with Crippen molar-refractivity contribution in [1.82, 2.24) is 15.6 Å². The molecule has 21 heavy (non-hydrogen) atoms. The average Bonchev–Trinajstić information content (AvgIpc) is 2.82. The summed E-state index contributed by atoms with van der Waals surface area (Å²) in [4.78, 5) is 17.2. The molecule has 1 aromatic heterocycles. The van der Waals surface area contributed by atoms with Crippen LogP contribution in [0.2, 0.25) is 0 Å². The molecule has 2 unspecified atom stereocenters. The third-order valence-electron chi connectivity index (χ3n) is 3.47. The van der Waals surface area contributed by atoms with Crippen molar-refractivity contribution in [3.8, 4) is 0 Å². The van der Waals surface area contributed by atoms with Crippen LogP contribution in [-0.2, 0) is 9.84 Å². The van der Waals surface area contributed by atoms with Crippen LogP contribution in [0, 0.1) is 12.8 Å². The van der Waals surface area contributed by atoms with Gasteiger partial charge in [-0.25, -0.2) is 18.2 Å². The van der Waals surface area contributed by atoms with Gasteiger partial charge in [-0.05, 0) is 32.6 Å². The molecular weight excluding hydrogens is 310 g/mol. The zero-order valence-electron chi connectivity index (χ0n) is 12.3. The number of hydrogen-bond acceptors (Lipinski definition) is 5. The molecule has 8 heteroatoms. The molecule has 0 spiro atoms. The normalized spacial score (nSPS) is 22.5. The van der Waals surface area contributed by atoms with Crippen LogP contribution >= 0.6 is 11.3 Å². The van der Waals surface area contributed by atoms with Crippen molar-refractivity contribution < 1.29 is 13.2 Å². The minimum Gasteiger partial charge on any atom is -0.338 e. The molecule has 1 aliphatic heterocycles. The van der Waals surface area contributed by atoms with Crippen LogP contribution in [0.4, 0.5) is 4.79 Å². The number of carbonyl (C=O) groups excluding carboxylic acids is 1. The predicted octanol–water partition coefficient (Wildman–Crippen LogP) is 1.64. The van der Waals surface area contributed by atoms with Crippen LogP contribution in [0.1, 0.15) is 35.7 Å². The highest BCUT2D eigenvalue weighted by atomic mass is 32.2. The first-order valence-corrected chi connectivity index (χ1v) is 9.66. The number of aryl methyl sites for hydroxylation is 1. The van der Waals surface area contributed by atoms with Crippen molar-refractivity contribution in [2.75, 3.05) is 18.1 Å². The van der Waals surface area contributed by atoms with Gasteiger partial charge in [-0.3, -0.25) is 0 Å². The van der Waals surface area contributed by atoms with E-state index in [1.165, 1.54) is 0 Å². The first-order chi connectivity index (χ1) is 9.85. The van der Waals surface area contributed by atoms with Crippen molar-refractivity contribution in [2.45, 2.75) is 32.7 Å². The minimum atomic E-state index is -2.92. The number of thiazole rings is 1. The maximum absolute atomic E-state index is 11.8. The van der Waals surface area contributed by atoms with E-state index in [1.54, 1.807) is 17.5 Å². The number of nitrogens with zero attached hydrogens (tertiary/aromatic N) is 1. The maximum atomic E-state index is 11.8. The molecule has 1 fully saturated rings. The summed E-state index contributed by atoms with van der Waals surface area (Å²) in [6, 6.07) is -0.433. The van der Waals surface area contributed by atoms with E-state index in [2.05, 4.69) is 15.6 Å². The van der Waals surface area contributed by atoms with Gasteiger partial charge in [-0.15, -0.1) is 11.3 Å². The Morgan fingerprint density at radius 2 is 2.33 bits per heavy atom. The molecule has 0 aromatic carbocycles. The lowest BCUT2D eigenvalue weighted by molar-refractivity contribution is 0.236. The van der Waals surface area contributed by atoms with Crippen molar-refractivity contribution in [1.29, 1.82) is 0 Å². The molecular formula is C13H21N3O3S2. The van der Waals surface area contributed by atoms with Crippen molar-refractivity contribution in [3.05, 3.63) is 16.1 Å². The SMILES string of the molecule is Cc1cnc(C(C)NC(=O)NCC2CCCS(=O)(=O)C2)s1. The quantitative estimate of drug-likeness (QED) is 0.878. The summed E-state index contributed by atoms with van der Waals surface area (Å²) in [5.41, 5.74) is 0. The molecule has 118 valence electrons. The van der Waals surface area contributed by atoms with Crippen molar-refractivity contribution in [3.63, 3.8) is 0 Å². The Balaban J connectivity index is 1.77. The van der Waals surface area contributed by atoms with E-state index in [4.69, 9.17) is 0 Å². The lowest BCUT2D eigenvalue weighted by Crippen LogP contribution is -2.41. The number of hydrogen-bond donors (Lipinski definition) is 2. The van der Waals surface area contributed by atoms with Crippen LogP contribution in [0.5, 0.6) is 0 Å². The molecule has 0 saturated carbocycles. The molecule has 0 radical (unpaired) electrons. The van der Waals surface area contributed by atoms with Gasteiger partial charge < -0.3 is 10.6 Å². The molecule has 2 N–H and O–H groups in total. The van der Waals surface area contributed by atoms with Gasteiger partial charge in [0, 0.05) is 17.6 Å². The van der Waals surface area contributed by atoms with Crippen molar-refractivity contribution >= 4 is 27.2 Å². The number of nitrogens with one attached hydrogen (secondary N) is 2. The molecule has 2 amide bonds. The van der Waals surface area contributed by atoms with Crippen molar-refractivity contribution in [2.24, 2.45) is 5.92 Å². The third kappa shape index (κ3) is 4.96. The minimum absolute atomic E-state index is 0.0203. The highest BCUT2D eigenvalue weighted by Gasteiger charge is 2.25. The number of amides is 2. The van der Waals surface area contributed by atoms with E-state index >= 15 is 0 Å². The zero-order chi connectivity index (χ0) is 15.5. The Hall–Kier alpha value is -1.15. The standard InChI is InChI=1S/C13H21N3O3S2/c1-9-6-14-12(20-9)10(2)16-13(17)15-7-11-4-3-5-21(18,19)8-11/h6,10-11H,3-5,7-8H2,1-2H3,(H2,15,16,17). The van der Waals surface area contributed by atoms with E-state index in [1.807, 2.05) is 13.8 Å². The van der Waals surface area contributed by atoms with Crippen LogP contribution < -0.4 is 10.6 Å². The Kier molecular flexibility index (Phi) is 5.21. The second kappa shape index (κ2) is 6.74. The number of sulfone groups is 1. The molecule has 1 saturated heterocycles. The molecule has 6 nitrogen and oxygen atoms in total. The average molecular weight is 331 g/mol. The fourth-order valence-electron chi connectivity index (χ4n) is 2.40. The van der Waals surface area contributed by atoms with Gasteiger partial charge in [-0.2, -0.15) is 0 Å². The van der Waals surface area contributed by atoms with Gasteiger partial charge in [0.05, 0.1) is 17.5 Å². The van der Waals surface area contributed by atoms with Gasteiger partial charge in [-0.1, -0.05) is 0 Å². The topological polar surface area (TPSA) is 88.2 Å². The van der Waals surface area contributed by atoms with Gasteiger partial charge in [0.25, 0.3) is 0 Å². The molecule has 1 aliphatic rings. The van der Waals surface area contributed by atoms with E-state index < -0.39 is 9.84 Å². The fraction of sp³-hybridized carbons (Fsp3) is 0.692. The molecule has 2 heterocycles. The second-order valence-electron chi connectivity index (χ2n) is 5.51. The summed E-state index contributed by atoms with van der Waals surface area (Å²) in [6.07, 6.45) is 3.31. The van der Waals surface area contributed by atoms with E-state index in [-0.39, 0.29) is 29.5 Å². The Bertz CT molecular complexity index is 598. The van der Waals surface area contributed by atoms with Gasteiger partial charge in [0.2, 0.25) is 0 Å². The summed E-state index contributed by atoms with van der Waals surface area (Å²) < 4.78 is 23.1. The Morgan fingerprint density at radius 1 is 1.57 bits per heavy atom. The Morgan fingerprint density at radius 3 is 2.95 bits per heavy atom. The highest BCUT2D eigenvalue weighted by molar-refractivity contribution is 7.91. The summed E-state index contributed by atoms with van der Waals surface area (Å²) in [6.45, 7) is 4.25. The van der Waals surface area contributed by atoms with E-state index in [0.717, 1.165) is 16.3 Å². The first-order valence-electron chi connectivity index (χ1n) is 7.03. The smallest absolute Gasteiger partial charge is 0.315 e.